The molecular formula is C19H17IN2O4S. The maximum Gasteiger partial charge on any atom is 0.326 e. The summed E-state index contributed by atoms with van der Waals surface area (Å²) >= 11 is 3.06. The summed E-state index contributed by atoms with van der Waals surface area (Å²) in [6.07, 6.45) is 3.25. The molecule has 2 heterocycles. The van der Waals surface area contributed by atoms with Crippen molar-refractivity contribution in [2.75, 3.05) is 6.54 Å². The van der Waals surface area contributed by atoms with E-state index >= 15 is 0 Å². The maximum absolute atomic E-state index is 12.6. The van der Waals surface area contributed by atoms with Crippen molar-refractivity contribution in [3.05, 3.63) is 56.8 Å². The molecule has 0 bridgehead atoms. The van der Waals surface area contributed by atoms with E-state index in [0.29, 0.717) is 0 Å². The fourth-order valence-electron chi connectivity index (χ4n) is 2.55. The molecule has 0 spiro atoms. The number of ether oxygens (including phenoxy) is 1. The molecule has 6 nitrogen and oxygen atoms in total. The molecule has 1 aromatic heterocycles. The van der Waals surface area contributed by atoms with Crippen LogP contribution in [0, 0.1) is 3.57 Å². The quantitative estimate of drug-likeness (QED) is 0.355. The summed E-state index contributed by atoms with van der Waals surface area (Å²) in [5.41, 5.74) is 1.72. The van der Waals surface area contributed by atoms with E-state index in [1.807, 2.05) is 47.2 Å². The van der Waals surface area contributed by atoms with E-state index in [0.717, 1.165) is 31.6 Å². The summed E-state index contributed by atoms with van der Waals surface area (Å²) in [7, 11) is 0. The van der Waals surface area contributed by atoms with E-state index in [9.17, 15) is 14.4 Å². The van der Waals surface area contributed by atoms with Gasteiger partial charge in [-0.05, 0) is 90.7 Å². The number of hydrogen-bond acceptors (Lipinski definition) is 5. The molecule has 27 heavy (non-hydrogen) atoms. The number of esters is 1. The molecule has 0 aliphatic carbocycles. The van der Waals surface area contributed by atoms with Crippen LogP contribution in [0.2, 0.25) is 0 Å². The minimum Gasteiger partial charge on any atom is -0.462 e. The molecule has 8 heteroatoms. The van der Waals surface area contributed by atoms with E-state index in [1.165, 1.54) is 0 Å². The standard InChI is InChI=1S/C19H17IN2O4S/c1-12(2)26-17(23)11-22-18(24)16(27-19(22)25)10-15-4-3-9-21(15)14-7-5-13(20)6-8-14/h3-10,12H,11H2,1-2H3/b16-10-. The molecule has 2 aromatic rings. The smallest absolute Gasteiger partial charge is 0.326 e. The number of hydrogen-bond donors (Lipinski definition) is 0. The summed E-state index contributed by atoms with van der Waals surface area (Å²) in [6.45, 7) is 3.05. The first-order valence-corrected chi connectivity index (χ1v) is 10.1. The van der Waals surface area contributed by atoms with Crippen LogP contribution in [0.25, 0.3) is 11.8 Å². The highest BCUT2D eigenvalue weighted by atomic mass is 127. The molecule has 0 N–H and O–H groups in total. The molecule has 1 aliphatic heterocycles. The number of carbonyl (C=O) groups is 3. The summed E-state index contributed by atoms with van der Waals surface area (Å²) in [5.74, 6) is -1.09. The highest BCUT2D eigenvalue weighted by molar-refractivity contribution is 14.1. The number of thioether (sulfide) groups is 1. The van der Waals surface area contributed by atoms with E-state index in [-0.39, 0.29) is 17.6 Å². The van der Waals surface area contributed by atoms with Crippen LogP contribution in [0.15, 0.2) is 47.5 Å². The average molecular weight is 496 g/mol. The van der Waals surface area contributed by atoms with Crippen LogP contribution < -0.4 is 0 Å². The number of benzene rings is 1. The van der Waals surface area contributed by atoms with Gasteiger partial charge in [-0.3, -0.25) is 19.3 Å². The van der Waals surface area contributed by atoms with Gasteiger partial charge in [0.05, 0.1) is 11.0 Å². The molecule has 140 valence electrons. The Morgan fingerprint density at radius 1 is 1.22 bits per heavy atom. The lowest BCUT2D eigenvalue weighted by molar-refractivity contribution is -0.149. The normalized spacial score (nSPS) is 15.9. The number of amides is 2. The van der Waals surface area contributed by atoms with Crippen LogP contribution in [-0.4, -0.2) is 39.2 Å². The Bertz CT molecular complexity index is 918. The largest absolute Gasteiger partial charge is 0.462 e. The summed E-state index contributed by atoms with van der Waals surface area (Å²) in [6, 6.07) is 11.7. The lowest BCUT2D eigenvalue weighted by Gasteiger charge is -2.13. The summed E-state index contributed by atoms with van der Waals surface area (Å²) in [5, 5.41) is -0.473. The van der Waals surface area contributed by atoms with Gasteiger partial charge in [0.25, 0.3) is 11.1 Å². The second-order valence-electron chi connectivity index (χ2n) is 6.09. The topological polar surface area (TPSA) is 68.6 Å². The van der Waals surface area contributed by atoms with Gasteiger partial charge >= 0.3 is 5.97 Å². The van der Waals surface area contributed by atoms with E-state index in [1.54, 1.807) is 19.9 Å². The predicted molar refractivity (Wildman–Crippen MR) is 112 cm³/mol. The number of aromatic nitrogens is 1. The lowest BCUT2D eigenvalue weighted by Crippen LogP contribution is -2.35. The second kappa shape index (κ2) is 8.30. The van der Waals surface area contributed by atoms with Gasteiger partial charge < -0.3 is 9.30 Å². The molecule has 1 saturated heterocycles. The summed E-state index contributed by atoms with van der Waals surface area (Å²) in [4.78, 5) is 37.7. The fourth-order valence-corrected chi connectivity index (χ4v) is 3.73. The predicted octanol–water partition coefficient (Wildman–Crippen LogP) is 4.07. The Morgan fingerprint density at radius 3 is 2.59 bits per heavy atom. The third-order valence-electron chi connectivity index (χ3n) is 3.69. The first-order valence-electron chi connectivity index (χ1n) is 8.23. The molecule has 2 amide bonds. The van der Waals surface area contributed by atoms with Crippen LogP contribution in [0.3, 0.4) is 0 Å². The number of nitrogens with zero attached hydrogens (tertiary/aromatic N) is 2. The average Bonchev–Trinajstić information content (AvgIpc) is 3.15. The third-order valence-corrected chi connectivity index (χ3v) is 5.32. The molecule has 0 radical (unpaired) electrons. The number of rotatable bonds is 5. The molecule has 1 aliphatic rings. The highest BCUT2D eigenvalue weighted by Crippen LogP contribution is 2.32. The molecule has 3 rings (SSSR count). The molecular weight excluding hydrogens is 479 g/mol. The Kier molecular flexibility index (Phi) is 6.05. The SMILES string of the molecule is CC(C)OC(=O)CN1C(=O)S/C(=C\c2cccn2-c2ccc(I)cc2)C1=O. The zero-order chi connectivity index (χ0) is 19.6. The van der Waals surface area contributed by atoms with Gasteiger partial charge in [-0.25, -0.2) is 0 Å². The third kappa shape index (κ3) is 4.62. The molecule has 0 atom stereocenters. The van der Waals surface area contributed by atoms with Crippen molar-refractivity contribution in [1.82, 2.24) is 9.47 Å². The molecule has 0 saturated carbocycles. The van der Waals surface area contributed by atoms with E-state index < -0.39 is 17.1 Å². The molecule has 1 aromatic carbocycles. The Morgan fingerprint density at radius 2 is 1.93 bits per heavy atom. The first kappa shape index (κ1) is 19.7. The van der Waals surface area contributed by atoms with Crippen LogP contribution in [0.1, 0.15) is 19.5 Å². The Hall–Kier alpha value is -2.07. The van der Waals surface area contributed by atoms with Gasteiger partial charge in [0.15, 0.2) is 0 Å². The fraction of sp³-hybridized carbons (Fsp3) is 0.211. The van der Waals surface area contributed by atoms with Gasteiger partial charge in [0.2, 0.25) is 0 Å². The first-order chi connectivity index (χ1) is 12.8. The second-order valence-corrected chi connectivity index (χ2v) is 8.32. The van der Waals surface area contributed by atoms with Crippen LogP contribution in [0.5, 0.6) is 0 Å². The van der Waals surface area contributed by atoms with Gasteiger partial charge in [-0.15, -0.1) is 0 Å². The number of imide groups is 1. The highest BCUT2D eigenvalue weighted by Gasteiger charge is 2.37. The summed E-state index contributed by atoms with van der Waals surface area (Å²) < 4.78 is 8.07. The van der Waals surface area contributed by atoms with Crippen molar-refractivity contribution in [1.29, 1.82) is 0 Å². The van der Waals surface area contributed by atoms with Crippen molar-refractivity contribution in [2.24, 2.45) is 0 Å². The van der Waals surface area contributed by atoms with Gasteiger partial charge in [-0.1, -0.05) is 0 Å². The van der Waals surface area contributed by atoms with Crippen molar-refractivity contribution >= 4 is 57.5 Å². The van der Waals surface area contributed by atoms with Gasteiger partial charge in [0, 0.05) is 21.1 Å². The Balaban J connectivity index is 1.82. The lowest BCUT2D eigenvalue weighted by atomic mass is 10.3. The van der Waals surface area contributed by atoms with Crippen molar-refractivity contribution in [3.8, 4) is 5.69 Å². The van der Waals surface area contributed by atoms with Crippen LogP contribution in [0.4, 0.5) is 4.79 Å². The van der Waals surface area contributed by atoms with E-state index in [4.69, 9.17) is 4.74 Å². The van der Waals surface area contributed by atoms with Crippen LogP contribution in [-0.2, 0) is 14.3 Å². The maximum atomic E-state index is 12.6. The van der Waals surface area contributed by atoms with E-state index in [2.05, 4.69) is 22.6 Å². The molecule has 0 unspecified atom stereocenters. The monoisotopic (exact) mass is 496 g/mol. The van der Waals surface area contributed by atoms with Crippen molar-refractivity contribution < 1.29 is 19.1 Å². The zero-order valence-corrected chi connectivity index (χ0v) is 17.7. The zero-order valence-electron chi connectivity index (χ0n) is 14.7. The van der Waals surface area contributed by atoms with Crippen LogP contribution >= 0.6 is 34.4 Å². The van der Waals surface area contributed by atoms with Gasteiger partial charge in [-0.2, -0.15) is 0 Å². The molecule has 1 fully saturated rings. The van der Waals surface area contributed by atoms with Crippen molar-refractivity contribution in [2.45, 2.75) is 20.0 Å². The number of carbonyl (C=O) groups excluding carboxylic acids is 3. The minimum atomic E-state index is -0.601. The minimum absolute atomic E-state index is 0.280. The van der Waals surface area contributed by atoms with Gasteiger partial charge in [0.1, 0.15) is 6.54 Å². The van der Waals surface area contributed by atoms with Crippen molar-refractivity contribution in [3.63, 3.8) is 0 Å². The Labute approximate surface area is 174 Å². The number of halogens is 1.